The number of amides is 2. The maximum absolute atomic E-state index is 13.4. The zero-order valence-electron chi connectivity index (χ0n) is 19.4. The molecule has 0 saturated heterocycles. The van der Waals surface area contributed by atoms with E-state index in [9.17, 15) is 9.59 Å². The average Bonchev–Trinajstić information content (AvgIpc) is 3.65. The van der Waals surface area contributed by atoms with Crippen molar-refractivity contribution in [3.8, 4) is 5.69 Å². The summed E-state index contributed by atoms with van der Waals surface area (Å²) in [5, 5.41) is 8.09. The molecule has 1 aliphatic rings. The van der Waals surface area contributed by atoms with Crippen LogP contribution in [-0.2, 0) is 16.8 Å². The average molecular weight is 481 g/mol. The number of nitrogens with one attached hydrogen (secondary N) is 2. The summed E-state index contributed by atoms with van der Waals surface area (Å²) in [6.45, 7) is 4.33. The molecule has 0 radical (unpaired) electrons. The lowest BCUT2D eigenvalue weighted by molar-refractivity contribution is -0.122. The summed E-state index contributed by atoms with van der Waals surface area (Å²) in [5.41, 5.74) is 5.40. The maximum atomic E-state index is 13.4. The van der Waals surface area contributed by atoms with Gasteiger partial charge >= 0.3 is 0 Å². The molecule has 1 aliphatic heterocycles. The lowest BCUT2D eigenvalue weighted by atomic mass is 9.86. The van der Waals surface area contributed by atoms with E-state index in [4.69, 9.17) is 0 Å². The smallest absolute Gasteiger partial charge is 0.255 e. The molecule has 0 aliphatic carbocycles. The van der Waals surface area contributed by atoms with Gasteiger partial charge < -0.3 is 19.8 Å². The molecule has 35 heavy (non-hydrogen) atoms. The number of H-pyrrole nitrogens is 1. The number of hydrogen-bond donors (Lipinski definition) is 2. The quantitative estimate of drug-likeness (QED) is 0.319. The Morgan fingerprint density at radius 2 is 1.97 bits per heavy atom. The fraction of sp³-hybridized carbons (Fsp3) is 0.143. The molecule has 2 N–H and O–H groups in total. The van der Waals surface area contributed by atoms with Gasteiger partial charge in [-0.1, -0.05) is 24.3 Å². The molecule has 2 amide bonds. The number of carbonyl (C=O) groups excluding carboxylic acids is 2. The standard InChI is InChI=1S/C28H24N4O2S/c1-28(2)22-8-7-19(26(33)30-24-14-29-23-6-4-3-5-21(23)24)13-25(22)32(27(28)34)16-18-9-11-31(15-18)20-10-12-35-17-20/h3-15,17,29H,16H2,1-2H3,(H,30,33). The van der Waals surface area contributed by atoms with Crippen molar-refractivity contribution < 1.29 is 9.59 Å². The topological polar surface area (TPSA) is 70.1 Å². The Morgan fingerprint density at radius 3 is 2.80 bits per heavy atom. The van der Waals surface area contributed by atoms with E-state index in [2.05, 4.69) is 26.3 Å². The van der Waals surface area contributed by atoms with Crippen molar-refractivity contribution in [2.45, 2.75) is 25.8 Å². The molecule has 0 fully saturated rings. The number of benzene rings is 2. The summed E-state index contributed by atoms with van der Waals surface area (Å²) in [4.78, 5) is 31.6. The number of carbonyl (C=O) groups is 2. The minimum Gasteiger partial charge on any atom is -0.359 e. The van der Waals surface area contributed by atoms with Crippen LogP contribution < -0.4 is 10.2 Å². The van der Waals surface area contributed by atoms with Gasteiger partial charge in [0.25, 0.3) is 5.91 Å². The van der Waals surface area contributed by atoms with Crippen molar-refractivity contribution in [3.63, 3.8) is 0 Å². The third kappa shape index (κ3) is 3.56. The zero-order chi connectivity index (χ0) is 24.2. The Morgan fingerprint density at radius 1 is 1.11 bits per heavy atom. The third-order valence-electron chi connectivity index (χ3n) is 6.74. The first-order chi connectivity index (χ1) is 16.9. The number of aromatic nitrogens is 2. The maximum Gasteiger partial charge on any atom is 0.255 e. The van der Waals surface area contributed by atoms with Gasteiger partial charge in [-0.15, -0.1) is 0 Å². The summed E-state index contributed by atoms with van der Waals surface area (Å²) in [7, 11) is 0. The molecule has 3 aromatic heterocycles. The van der Waals surface area contributed by atoms with Crippen LogP contribution in [0.25, 0.3) is 16.6 Å². The number of fused-ring (bicyclic) bond motifs is 2. The molecule has 4 heterocycles. The van der Waals surface area contributed by atoms with Crippen molar-refractivity contribution in [1.82, 2.24) is 9.55 Å². The Bertz CT molecular complexity index is 1580. The first-order valence-corrected chi connectivity index (χ1v) is 12.4. The van der Waals surface area contributed by atoms with Gasteiger partial charge in [-0.05, 0) is 60.7 Å². The van der Waals surface area contributed by atoms with Gasteiger partial charge in [-0.3, -0.25) is 9.59 Å². The van der Waals surface area contributed by atoms with Gasteiger partial charge in [-0.25, -0.2) is 0 Å². The SMILES string of the molecule is CC1(C)C(=O)N(Cc2ccn(-c3ccsc3)c2)c2cc(C(=O)Nc3c[nH]c4ccccc34)ccc21. The Hall–Kier alpha value is -4.10. The Kier molecular flexibility index (Phi) is 4.89. The predicted molar refractivity (Wildman–Crippen MR) is 141 cm³/mol. The summed E-state index contributed by atoms with van der Waals surface area (Å²) in [6, 6.07) is 17.5. The number of anilines is 2. The number of aromatic amines is 1. The van der Waals surface area contributed by atoms with Gasteiger partial charge in [0, 0.05) is 46.1 Å². The number of thiophene rings is 1. The zero-order valence-corrected chi connectivity index (χ0v) is 20.2. The van der Waals surface area contributed by atoms with Gasteiger partial charge in [0.1, 0.15) is 0 Å². The van der Waals surface area contributed by atoms with Crippen LogP contribution in [0.5, 0.6) is 0 Å². The first kappa shape index (κ1) is 21.4. The fourth-order valence-electron chi connectivity index (χ4n) is 4.79. The van der Waals surface area contributed by atoms with E-state index >= 15 is 0 Å². The summed E-state index contributed by atoms with van der Waals surface area (Å²) in [5.74, 6) is -0.178. The molecule has 174 valence electrons. The highest BCUT2D eigenvalue weighted by Crippen LogP contribution is 2.43. The van der Waals surface area contributed by atoms with E-state index < -0.39 is 5.41 Å². The van der Waals surface area contributed by atoms with E-state index in [0.29, 0.717) is 12.1 Å². The second-order valence-electron chi connectivity index (χ2n) is 9.36. The van der Waals surface area contributed by atoms with Crippen LogP contribution in [0.2, 0.25) is 0 Å². The highest BCUT2D eigenvalue weighted by molar-refractivity contribution is 7.08. The van der Waals surface area contributed by atoms with Crippen LogP contribution >= 0.6 is 11.3 Å². The molecule has 0 bridgehead atoms. The van der Waals surface area contributed by atoms with E-state index in [0.717, 1.165) is 39.1 Å². The van der Waals surface area contributed by atoms with E-state index in [1.807, 2.05) is 74.1 Å². The molecule has 5 aromatic rings. The van der Waals surface area contributed by atoms with E-state index in [1.54, 1.807) is 28.5 Å². The Labute approximate surface area is 206 Å². The van der Waals surface area contributed by atoms with Crippen molar-refractivity contribution >= 4 is 45.4 Å². The normalized spacial score (nSPS) is 14.5. The molecule has 0 saturated carbocycles. The van der Waals surface area contributed by atoms with Gasteiger partial charge in [0.2, 0.25) is 5.91 Å². The largest absolute Gasteiger partial charge is 0.359 e. The molecule has 6 rings (SSSR count). The van der Waals surface area contributed by atoms with Gasteiger partial charge in [0.15, 0.2) is 0 Å². The van der Waals surface area contributed by atoms with Crippen molar-refractivity contribution in [2.24, 2.45) is 0 Å². The Balaban J connectivity index is 1.30. The van der Waals surface area contributed by atoms with Crippen LogP contribution in [0.1, 0.15) is 35.3 Å². The lowest BCUT2D eigenvalue weighted by Gasteiger charge is -2.20. The molecular formula is C28H24N4O2S. The van der Waals surface area contributed by atoms with Crippen LogP contribution in [0.4, 0.5) is 11.4 Å². The monoisotopic (exact) mass is 480 g/mol. The molecule has 0 spiro atoms. The van der Waals surface area contributed by atoms with Gasteiger partial charge in [0.05, 0.1) is 23.3 Å². The third-order valence-corrected chi connectivity index (χ3v) is 7.41. The molecule has 2 aromatic carbocycles. The van der Waals surface area contributed by atoms with Crippen molar-refractivity contribution in [2.75, 3.05) is 10.2 Å². The predicted octanol–water partition coefficient (Wildman–Crippen LogP) is 6.10. The van der Waals surface area contributed by atoms with E-state index in [1.165, 1.54) is 0 Å². The summed E-state index contributed by atoms with van der Waals surface area (Å²) >= 11 is 1.65. The summed E-state index contributed by atoms with van der Waals surface area (Å²) < 4.78 is 2.06. The number of nitrogens with zero attached hydrogens (tertiary/aromatic N) is 2. The molecule has 6 nitrogen and oxygen atoms in total. The molecule has 0 atom stereocenters. The number of hydrogen-bond acceptors (Lipinski definition) is 3. The molecule has 0 unspecified atom stereocenters. The number of para-hydroxylation sites is 1. The summed E-state index contributed by atoms with van der Waals surface area (Å²) in [6.07, 6.45) is 5.86. The molecular weight excluding hydrogens is 456 g/mol. The van der Waals surface area contributed by atoms with Crippen molar-refractivity contribution in [1.29, 1.82) is 0 Å². The number of rotatable bonds is 5. The first-order valence-electron chi connectivity index (χ1n) is 11.5. The van der Waals surface area contributed by atoms with Crippen LogP contribution in [0.15, 0.2) is 83.9 Å². The van der Waals surface area contributed by atoms with Crippen LogP contribution in [0, 0.1) is 0 Å². The van der Waals surface area contributed by atoms with Gasteiger partial charge in [-0.2, -0.15) is 11.3 Å². The minimum absolute atomic E-state index is 0.0324. The molecule has 7 heteroatoms. The van der Waals surface area contributed by atoms with E-state index in [-0.39, 0.29) is 11.8 Å². The fourth-order valence-corrected chi connectivity index (χ4v) is 5.43. The van der Waals surface area contributed by atoms with Crippen LogP contribution in [-0.4, -0.2) is 21.4 Å². The lowest BCUT2D eigenvalue weighted by Crippen LogP contribution is -2.35. The van der Waals surface area contributed by atoms with Crippen LogP contribution in [0.3, 0.4) is 0 Å². The minimum atomic E-state index is -0.656. The highest BCUT2D eigenvalue weighted by Gasteiger charge is 2.44. The highest BCUT2D eigenvalue weighted by atomic mass is 32.1. The second-order valence-corrected chi connectivity index (χ2v) is 10.1. The van der Waals surface area contributed by atoms with Crippen molar-refractivity contribution in [3.05, 3.63) is 101 Å². The second kappa shape index (κ2) is 7.99.